The van der Waals surface area contributed by atoms with Crippen molar-refractivity contribution in [3.63, 3.8) is 0 Å². The van der Waals surface area contributed by atoms with Crippen LogP contribution in [0, 0.1) is 6.92 Å². The number of rotatable bonds is 2. The maximum atomic E-state index is 5.88. The second kappa shape index (κ2) is 4.30. The molecule has 0 saturated carbocycles. The molecule has 0 radical (unpaired) electrons. The Hall–Kier alpha value is -2.43. The van der Waals surface area contributed by atoms with Gasteiger partial charge in [-0.1, -0.05) is 0 Å². The van der Waals surface area contributed by atoms with E-state index in [4.69, 9.17) is 10.5 Å². The summed E-state index contributed by atoms with van der Waals surface area (Å²) in [6.07, 6.45) is 2.06. The standard InChI is InChI=1S/C15H18N4O/c1-9-5-10-11(12-7-14(16)19(3)17-12)8-18(2)15(10)13(6-9)20-4/h5-8H,16H2,1-4H3. The summed E-state index contributed by atoms with van der Waals surface area (Å²) in [6.45, 7) is 2.06. The van der Waals surface area contributed by atoms with Gasteiger partial charge in [-0.2, -0.15) is 5.10 Å². The summed E-state index contributed by atoms with van der Waals surface area (Å²) in [6, 6.07) is 6.08. The highest BCUT2D eigenvalue weighted by molar-refractivity contribution is 5.99. The molecule has 104 valence electrons. The number of nitrogen functional groups attached to an aromatic ring is 1. The fourth-order valence-corrected chi connectivity index (χ4v) is 2.62. The number of ether oxygens (including phenoxy) is 1. The molecule has 2 aromatic heterocycles. The van der Waals surface area contributed by atoms with Crippen LogP contribution < -0.4 is 10.5 Å². The van der Waals surface area contributed by atoms with Crippen LogP contribution in [-0.4, -0.2) is 21.5 Å². The van der Waals surface area contributed by atoms with Gasteiger partial charge in [0.2, 0.25) is 0 Å². The number of nitrogens with two attached hydrogens (primary N) is 1. The van der Waals surface area contributed by atoms with Crippen molar-refractivity contribution in [1.29, 1.82) is 0 Å². The highest BCUT2D eigenvalue weighted by atomic mass is 16.5. The Balaban J connectivity index is 2.34. The van der Waals surface area contributed by atoms with Gasteiger partial charge in [0, 0.05) is 37.3 Å². The van der Waals surface area contributed by atoms with Crippen LogP contribution in [0.3, 0.4) is 0 Å². The lowest BCUT2D eigenvalue weighted by Crippen LogP contribution is -1.96. The first-order valence-electron chi connectivity index (χ1n) is 6.45. The molecule has 2 N–H and O–H groups in total. The normalized spacial score (nSPS) is 11.2. The number of benzene rings is 1. The van der Waals surface area contributed by atoms with Crippen molar-refractivity contribution >= 4 is 16.7 Å². The summed E-state index contributed by atoms with van der Waals surface area (Å²) in [5.41, 5.74) is 10.1. The van der Waals surface area contributed by atoms with Crippen molar-refractivity contribution in [1.82, 2.24) is 14.3 Å². The average Bonchev–Trinajstić information content (AvgIpc) is 2.90. The van der Waals surface area contributed by atoms with E-state index < -0.39 is 0 Å². The molecule has 5 nitrogen and oxygen atoms in total. The Labute approximate surface area is 117 Å². The van der Waals surface area contributed by atoms with Crippen LogP contribution in [0.5, 0.6) is 5.75 Å². The van der Waals surface area contributed by atoms with Crippen LogP contribution in [0.2, 0.25) is 0 Å². The largest absolute Gasteiger partial charge is 0.495 e. The molecule has 1 aromatic carbocycles. The topological polar surface area (TPSA) is 58.0 Å². The molecule has 0 saturated heterocycles. The van der Waals surface area contributed by atoms with Crippen molar-refractivity contribution in [2.45, 2.75) is 6.92 Å². The summed E-state index contributed by atoms with van der Waals surface area (Å²) >= 11 is 0. The fourth-order valence-electron chi connectivity index (χ4n) is 2.62. The fraction of sp³-hybridized carbons (Fsp3) is 0.267. The van der Waals surface area contributed by atoms with Crippen molar-refractivity contribution in [2.24, 2.45) is 14.1 Å². The summed E-state index contributed by atoms with van der Waals surface area (Å²) < 4.78 is 9.24. The van der Waals surface area contributed by atoms with E-state index in [0.29, 0.717) is 5.82 Å². The second-order valence-electron chi connectivity index (χ2n) is 5.10. The third kappa shape index (κ3) is 1.74. The molecule has 2 heterocycles. The lowest BCUT2D eigenvalue weighted by atomic mass is 10.1. The van der Waals surface area contributed by atoms with E-state index in [0.717, 1.165) is 33.5 Å². The third-order valence-corrected chi connectivity index (χ3v) is 3.60. The van der Waals surface area contributed by atoms with E-state index in [1.54, 1.807) is 11.8 Å². The van der Waals surface area contributed by atoms with E-state index >= 15 is 0 Å². The molecular formula is C15H18N4O. The van der Waals surface area contributed by atoms with Crippen LogP contribution >= 0.6 is 0 Å². The first-order valence-corrected chi connectivity index (χ1v) is 6.45. The minimum Gasteiger partial charge on any atom is -0.495 e. The molecule has 0 aliphatic carbocycles. The predicted octanol–water partition coefficient (Wildman–Crippen LogP) is 2.48. The Morgan fingerprint density at radius 2 is 1.95 bits per heavy atom. The number of hydrogen-bond acceptors (Lipinski definition) is 3. The molecule has 0 unspecified atom stereocenters. The van der Waals surface area contributed by atoms with Crippen LogP contribution in [0.25, 0.3) is 22.2 Å². The third-order valence-electron chi connectivity index (χ3n) is 3.60. The Morgan fingerprint density at radius 3 is 2.55 bits per heavy atom. The zero-order chi connectivity index (χ0) is 14.4. The molecule has 0 aliphatic rings. The number of anilines is 1. The van der Waals surface area contributed by atoms with Crippen LogP contribution in [0.4, 0.5) is 5.82 Å². The first kappa shape index (κ1) is 12.6. The van der Waals surface area contributed by atoms with Crippen LogP contribution in [0.1, 0.15) is 5.56 Å². The molecular weight excluding hydrogens is 252 g/mol. The Kier molecular flexibility index (Phi) is 2.71. The number of aromatic nitrogens is 3. The molecule has 0 amide bonds. The van der Waals surface area contributed by atoms with E-state index in [2.05, 4.69) is 28.9 Å². The van der Waals surface area contributed by atoms with Gasteiger partial charge in [0.05, 0.1) is 18.3 Å². The molecule has 0 bridgehead atoms. The molecule has 0 aliphatic heterocycles. The first-order chi connectivity index (χ1) is 9.51. The van der Waals surface area contributed by atoms with Crippen molar-refractivity contribution in [2.75, 3.05) is 12.8 Å². The highest BCUT2D eigenvalue weighted by Gasteiger charge is 2.15. The summed E-state index contributed by atoms with van der Waals surface area (Å²) in [4.78, 5) is 0. The van der Waals surface area contributed by atoms with Gasteiger partial charge in [0.1, 0.15) is 11.6 Å². The second-order valence-corrected chi connectivity index (χ2v) is 5.10. The molecule has 0 spiro atoms. The predicted molar refractivity (Wildman–Crippen MR) is 80.8 cm³/mol. The van der Waals surface area contributed by atoms with Crippen LogP contribution in [-0.2, 0) is 14.1 Å². The SMILES string of the molecule is COc1cc(C)cc2c(-c3cc(N)n(C)n3)cn(C)c12. The zero-order valence-corrected chi connectivity index (χ0v) is 12.1. The Morgan fingerprint density at radius 1 is 1.20 bits per heavy atom. The van der Waals surface area contributed by atoms with Crippen molar-refractivity contribution in [3.05, 3.63) is 30.0 Å². The molecule has 20 heavy (non-hydrogen) atoms. The molecule has 0 fully saturated rings. The summed E-state index contributed by atoms with van der Waals surface area (Å²) in [5, 5.41) is 5.59. The molecule has 3 rings (SSSR count). The van der Waals surface area contributed by atoms with Gasteiger partial charge in [0.25, 0.3) is 0 Å². The van der Waals surface area contributed by atoms with E-state index in [1.165, 1.54) is 0 Å². The molecule has 0 atom stereocenters. The lowest BCUT2D eigenvalue weighted by molar-refractivity contribution is 0.417. The van der Waals surface area contributed by atoms with Crippen LogP contribution in [0.15, 0.2) is 24.4 Å². The van der Waals surface area contributed by atoms with Gasteiger partial charge in [0.15, 0.2) is 0 Å². The maximum absolute atomic E-state index is 5.88. The number of fused-ring (bicyclic) bond motifs is 1. The number of methoxy groups -OCH3 is 1. The number of nitrogens with zero attached hydrogens (tertiary/aromatic N) is 3. The number of hydrogen-bond donors (Lipinski definition) is 1. The van der Waals surface area contributed by atoms with Gasteiger partial charge < -0.3 is 15.0 Å². The van der Waals surface area contributed by atoms with Crippen molar-refractivity contribution in [3.8, 4) is 17.0 Å². The minimum atomic E-state index is 0.650. The van der Waals surface area contributed by atoms with Gasteiger partial charge in [-0.05, 0) is 24.6 Å². The van der Waals surface area contributed by atoms with E-state index in [-0.39, 0.29) is 0 Å². The minimum absolute atomic E-state index is 0.650. The summed E-state index contributed by atoms with van der Waals surface area (Å²) in [5.74, 6) is 1.52. The van der Waals surface area contributed by atoms with Crippen molar-refractivity contribution < 1.29 is 4.74 Å². The van der Waals surface area contributed by atoms with Gasteiger partial charge >= 0.3 is 0 Å². The average molecular weight is 270 g/mol. The highest BCUT2D eigenvalue weighted by Crippen LogP contribution is 2.36. The zero-order valence-electron chi connectivity index (χ0n) is 12.1. The van der Waals surface area contributed by atoms with Gasteiger partial charge in [-0.25, -0.2) is 0 Å². The van der Waals surface area contributed by atoms with E-state index in [9.17, 15) is 0 Å². The monoisotopic (exact) mass is 270 g/mol. The maximum Gasteiger partial charge on any atom is 0.143 e. The molecule has 3 aromatic rings. The molecule has 5 heteroatoms. The van der Waals surface area contributed by atoms with Gasteiger partial charge in [-0.3, -0.25) is 4.68 Å². The summed E-state index contributed by atoms with van der Waals surface area (Å²) in [7, 11) is 5.55. The van der Waals surface area contributed by atoms with E-state index in [1.807, 2.05) is 26.2 Å². The Bertz CT molecular complexity index is 778. The smallest absolute Gasteiger partial charge is 0.143 e. The quantitative estimate of drug-likeness (QED) is 0.778. The van der Waals surface area contributed by atoms with Gasteiger partial charge in [-0.15, -0.1) is 0 Å². The lowest BCUT2D eigenvalue weighted by Gasteiger charge is -2.06. The number of aryl methyl sites for hydroxylation is 3.